The van der Waals surface area contributed by atoms with E-state index in [1.807, 2.05) is 13.0 Å². The van der Waals surface area contributed by atoms with Crippen LogP contribution < -0.4 is 11.1 Å². The monoisotopic (exact) mass is 267 g/mol. The van der Waals surface area contributed by atoms with E-state index in [1.165, 1.54) is 0 Å². The van der Waals surface area contributed by atoms with Crippen molar-refractivity contribution in [1.82, 2.24) is 10.2 Å². The fourth-order valence-corrected chi connectivity index (χ4v) is 2.14. The Hall–Kier alpha value is -1.37. The lowest BCUT2D eigenvalue weighted by molar-refractivity contribution is -0.129. The van der Waals surface area contributed by atoms with E-state index in [4.69, 9.17) is 14.9 Å². The topological polar surface area (TPSA) is 80.7 Å². The molecule has 0 bridgehead atoms. The summed E-state index contributed by atoms with van der Waals surface area (Å²) in [5.41, 5.74) is 5.60. The van der Waals surface area contributed by atoms with Gasteiger partial charge in [0.15, 0.2) is 0 Å². The highest BCUT2D eigenvalue weighted by Gasteiger charge is 2.27. The molecule has 1 aromatic rings. The Bertz CT molecular complexity index is 394. The number of hydrogen-bond donors (Lipinski definition) is 2. The molecule has 1 aliphatic heterocycles. The first-order chi connectivity index (χ1) is 9.20. The third-order valence-corrected chi connectivity index (χ3v) is 3.38. The third kappa shape index (κ3) is 3.79. The average molecular weight is 267 g/mol. The molecule has 19 heavy (non-hydrogen) atoms. The van der Waals surface area contributed by atoms with Gasteiger partial charge in [-0.3, -0.25) is 9.69 Å². The van der Waals surface area contributed by atoms with Crippen LogP contribution in [0.3, 0.4) is 0 Å². The van der Waals surface area contributed by atoms with Gasteiger partial charge in [-0.15, -0.1) is 0 Å². The van der Waals surface area contributed by atoms with Gasteiger partial charge in [0, 0.05) is 19.6 Å². The van der Waals surface area contributed by atoms with E-state index in [0.29, 0.717) is 26.2 Å². The summed E-state index contributed by atoms with van der Waals surface area (Å²) in [6.45, 7) is 4.88. The molecule has 0 aromatic carbocycles. The molecule has 1 aliphatic rings. The summed E-state index contributed by atoms with van der Waals surface area (Å²) >= 11 is 0. The van der Waals surface area contributed by atoms with Crippen molar-refractivity contribution < 1.29 is 13.9 Å². The summed E-state index contributed by atoms with van der Waals surface area (Å²) in [6.07, 6.45) is 1.62. The summed E-state index contributed by atoms with van der Waals surface area (Å²) in [6, 6.07) is 3.45. The number of morpholine rings is 1. The summed E-state index contributed by atoms with van der Waals surface area (Å²) < 4.78 is 10.7. The van der Waals surface area contributed by atoms with Gasteiger partial charge in [-0.1, -0.05) is 0 Å². The molecular formula is C13H21N3O3. The zero-order valence-electron chi connectivity index (χ0n) is 11.2. The molecule has 0 radical (unpaired) electrons. The number of amides is 1. The van der Waals surface area contributed by atoms with E-state index in [1.54, 1.807) is 12.3 Å². The Morgan fingerprint density at radius 1 is 1.68 bits per heavy atom. The number of hydrogen-bond acceptors (Lipinski definition) is 5. The van der Waals surface area contributed by atoms with E-state index in [-0.39, 0.29) is 18.1 Å². The van der Waals surface area contributed by atoms with Crippen LogP contribution in [0.25, 0.3) is 0 Å². The summed E-state index contributed by atoms with van der Waals surface area (Å²) in [4.78, 5) is 14.2. The SMILES string of the molecule is CC(C(=O)NCc1ccco1)N1CCOC(CN)C1. The minimum Gasteiger partial charge on any atom is -0.467 e. The maximum absolute atomic E-state index is 12.1. The Morgan fingerprint density at radius 2 is 2.53 bits per heavy atom. The first-order valence-corrected chi connectivity index (χ1v) is 6.56. The normalized spacial score (nSPS) is 22.1. The van der Waals surface area contributed by atoms with Gasteiger partial charge in [0.25, 0.3) is 0 Å². The van der Waals surface area contributed by atoms with Gasteiger partial charge in [-0.2, -0.15) is 0 Å². The molecule has 3 N–H and O–H groups in total. The highest BCUT2D eigenvalue weighted by atomic mass is 16.5. The number of carbonyl (C=O) groups excluding carboxylic acids is 1. The van der Waals surface area contributed by atoms with Crippen LogP contribution in [-0.2, 0) is 16.1 Å². The number of nitrogens with two attached hydrogens (primary N) is 1. The molecule has 2 unspecified atom stereocenters. The van der Waals surface area contributed by atoms with Crippen molar-refractivity contribution in [2.24, 2.45) is 5.73 Å². The van der Waals surface area contributed by atoms with E-state index >= 15 is 0 Å². The van der Waals surface area contributed by atoms with Gasteiger partial charge < -0.3 is 20.2 Å². The lowest BCUT2D eigenvalue weighted by atomic mass is 10.2. The zero-order chi connectivity index (χ0) is 13.7. The molecule has 106 valence electrons. The van der Waals surface area contributed by atoms with Gasteiger partial charge in [0.05, 0.1) is 31.6 Å². The second kappa shape index (κ2) is 6.70. The van der Waals surface area contributed by atoms with Gasteiger partial charge in [0.1, 0.15) is 5.76 Å². The largest absolute Gasteiger partial charge is 0.467 e. The van der Waals surface area contributed by atoms with Crippen LogP contribution in [0, 0.1) is 0 Å². The average Bonchev–Trinajstić information content (AvgIpc) is 2.97. The van der Waals surface area contributed by atoms with Crippen LogP contribution in [0.1, 0.15) is 12.7 Å². The number of furan rings is 1. The second-order valence-corrected chi connectivity index (χ2v) is 4.70. The molecule has 0 saturated carbocycles. The minimum absolute atomic E-state index is 0.00549. The zero-order valence-corrected chi connectivity index (χ0v) is 11.2. The number of rotatable bonds is 5. The van der Waals surface area contributed by atoms with E-state index in [9.17, 15) is 4.79 Å². The van der Waals surface area contributed by atoms with Crippen molar-refractivity contribution in [1.29, 1.82) is 0 Å². The fourth-order valence-electron chi connectivity index (χ4n) is 2.14. The standard InChI is InChI=1S/C13H21N3O3/c1-10(16-4-6-19-12(7-14)9-16)13(17)15-8-11-3-2-5-18-11/h2-3,5,10,12H,4,6-9,14H2,1H3,(H,15,17). The van der Waals surface area contributed by atoms with Crippen LogP contribution in [0.15, 0.2) is 22.8 Å². The number of nitrogens with zero attached hydrogens (tertiary/aromatic N) is 1. The molecule has 2 rings (SSSR count). The number of carbonyl (C=O) groups is 1. The van der Waals surface area contributed by atoms with Gasteiger partial charge in [-0.25, -0.2) is 0 Å². The molecule has 2 heterocycles. The molecule has 1 amide bonds. The molecule has 1 saturated heterocycles. The Balaban J connectivity index is 1.81. The fraction of sp³-hybridized carbons (Fsp3) is 0.615. The predicted molar refractivity (Wildman–Crippen MR) is 70.4 cm³/mol. The maximum Gasteiger partial charge on any atom is 0.237 e. The molecule has 1 fully saturated rings. The van der Waals surface area contributed by atoms with Crippen molar-refractivity contribution in [3.8, 4) is 0 Å². The van der Waals surface area contributed by atoms with E-state index in [0.717, 1.165) is 12.3 Å². The smallest absolute Gasteiger partial charge is 0.237 e. The Labute approximate surface area is 112 Å². The van der Waals surface area contributed by atoms with Gasteiger partial charge >= 0.3 is 0 Å². The number of ether oxygens (including phenoxy) is 1. The van der Waals surface area contributed by atoms with Crippen LogP contribution in [-0.4, -0.2) is 49.2 Å². The van der Waals surface area contributed by atoms with E-state index in [2.05, 4.69) is 10.2 Å². The molecule has 2 atom stereocenters. The molecule has 1 aromatic heterocycles. The van der Waals surface area contributed by atoms with Gasteiger partial charge in [-0.05, 0) is 19.1 Å². The van der Waals surface area contributed by atoms with Crippen molar-refractivity contribution in [3.63, 3.8) is 0 Å². The lowest BCUT2D eigenvalue weighted by Gasteiger charge is -2.35. The summed E-state index contributed by atoms with van der Waals surface area (Å²) in [5, 5.41) is 2.87. The quantitative estimate of drug-likeness (QED) is 0.781. The minimum atomic E-state index is -0.187. The van der Waals surface area contributed by atoms with Crippen molar-refractivity contribution in [3.05, 3.63) is 24.2 Å². The van der Waals surface area contributed by atoms with Crippen LogP contribution in [0.2, 0.25) is 0 Å². The molecule has 6 nitrogen and oxygen atoms in total. The Morgan fingerprint density at radius 3 is 3.21 bits per heavy atom. The number of nitrogens with one attached hydrogen (secondary N) is 1. The summed E-state index contributed by atoms with van der Waals surface area (Å²) in [5.74, 6) is 0.747. The third-order valence-electron chi connectivity index (χ3n) is 3.38. The highest BCUT2D eigenvalue weighted by Crippen LogP contribution is 2.09. The Kier molecular flexibility index (Phi) is 4.95. The van der Waals surface area contributed by atoms with Gasteiger partial charge in [0.2, 0.25) is 5.91 Å². The molecule has 0 aliphatic carbocycles. The predicted octanol–water partition coefficient (Wildman–Crippen LogP) is -0.0562. The molecular weight excluding hydrogens is 246 g/mol. The first kappa shape index (κ1) is 14.0. The summed E-state index contributed by atoms with van der Waals surface area (Å²) in [7, 11) is 0. The van der Waals surface area contributed by atoms with Crippen LogP contribution in [0.4, 0.5) is 0 Å². The maximum atomic E-state index is 12.1. The second-order valence-electron chi connectivity index (χ2n) is 4.70. The van der Waals surface area contributed by atoms with E-state index < -0.39 is 0 Å². The van der Waals surface area contributed by atoms with Crippen molar-refractivity contribution >= 4 is 5.91 Å². The molecule has 0 spiro atoms. The van der Waals surface area contributed by atoms with Crippen LogP contribution >= 0.6 is 0 Å². The highest BCUT2D eigenvalue weighted by molar-refractivity contribution is 5.81. The lowest BCUT2D eigenvalue weighted by Crippen LogP contribution is -2.53. The van der Waals surface area contributed by atoms with Crippen molar-refractivity contribution in [2.75, 3.05) is 26.2 Å². The van der Waals surface area contributed by atoms with Crippen LogP contribution in [0.5, 0.6) is 0 Å². The van der Waals surface area contributed by atoms with Crippen molar-refractivity contribution in [2.45, 2.75) is 25.6 Å². The molecule has 6 heteroatoms. The first-order valence-electron chi connectivity index (χ1n) is 6.56.